The predicted molar refractivity (Wildman–Crippen MR) is 111 cm³/mol. The van der Waals surface area contributed by atoms with Crippen LogP contribution in [0.15, 0.2) is 42.6 Å². The summed E-state index contributed by atoms with van der Waals surface area (Å²) in [5, 5.41) is 3.52. The van der Waals surface area contributed by atoms with Gasteiger partial charge in [-0.05, 0) is 37.3 Å². The Morgan fingerprint density at radius 1 is 1.14 bits per heavy atom. The molecule has 146 valence electrons. The van der Waals surface area contributed by atoms with Crippen LogP contribution in [0.5, 0.6) is 0 Å². The van der Waals surface area contributed by atoms with Gasteiger partial charge in [0.15, 0.2) is 5.65 Å². The summed E-state index contributed by atoms with van der Waals surface area (Å²) in [6, 6.07) is 11.0. The topological polar surface area (TPSA) is 66.3 Å². The Bertz CT molecular complexity index is 980. The number of anilines is 1. The maximum Gasteiger partial charge on any atom is 0.321 e. The summed E-state index contributed by atoms with van der Waals surface area (Å²) in [6.45, 7) is 6.87. The Hall–Kier alpha value is -2.64. The molecule has 4 rings (SSSR count). The molecule has 3 heterocycles. The summed E-state index contributed by atoms with van der Waals surface area (Å²) < 4.78 is 2.16. The van der Waals surface area contributed by atoms with Gasteiger partial charge in [-0.25, -0.2) is 14.8 Å². The van der Waals surface area contributed by atoms with E-state index in [9.17, 15) is 4.79 Å². The van der Waals surface area contributed by atoms with Crippen LogP contribution in [-0.4, -0.2) is 63.1 Å². The molecule has 2 aromatic heterocycles. The summed E-state index contributed by atoms with van der Waals surface area (Å²) in [6.07, 6.45) is 1.80. The summed E-state index contributed by atoms with van der Waals surface area (Å²) in [7, 11) is 0. The van der Waals surface area contributed by atoms with Gasteiger partial charge < -0.3 is 14.8 Å². The molecule has 1 aliphatic rings. The van der Waals surface area contributed by atoms with E-state index in [1.807, 2.05) is 36.1 Å². The van der Waals surface area contributed by atoms with Gasteiger partial charge in [0.1, 0.15) is 11.3 Å². The molecule has 8 heteroatoms. The molecular weight excluding hydrogens is 376 g/mol. The minimum atomic E-state index is -0.0810. The van der Waals surface area contributed by atoms with Gasteiger partial charge in [0, 0.05) is 56.2 Å². The first-order valence-corrected chi connectivity index (χ1v) is 9.79. The fourth-order valence-corrected chi connectivity index (χ4v) is 3.71. The molecule has 0 aliphatic carbocycles. The second-order valence-corrected chi connectivity index (χ2v) is 7.36. The first kappa shape index (κ1) is 18.7. The number of urea groups is 1. The van der Waals surface area contributed by atoms with Crippen LogP contribution in [0.3, 0.4) is 0 Å². The van der Waals surface area contributed by atoms with Crippen molar-refractivity contribution < 1.29 is 4.79 Å². The maximum absolute atomic E-state index is 12.5. The van der Waals surface area contributed by atoms with Gasteiger partial charge in [-0.15, -0.1) is 0 Å². The highest BCUT2D eigenvalue weighted by Crippen LogP contribution is 2.16. The molecule has 3 aromatic rings. The molecule has 0 spiro atoms. The van der Waals surface area contributed by atoms with Crippen molar-refractivity contribution in [3.63, 3.8) is 0 Å². The van der Waals surface area contributed by atoms with Crippen LogP contribution in [0.25, 0.3) is 11.2 Å². The number of imidazole rings is 1. The van der Waals surface area contributed by atoms with Gasteiger partial charge in [-0.3, -0.25) is 4.90 Å². The van der Waals surface area contributed by atoms with E-state index in [0.717, 1.165) is 48.9 Å². The third-order valence-corrected chi connectivity index (χ3v) is 5.30. The number of hydrogen-bond donors (Lipinski definition) is 1. The van der Waals surface area contributed by atoms with Crippen molar-refractivity contribution in [3.05, 3.63) is 53.4 Å². The zero-order chi connectivity index (χ0) is 19.5. The fraction of sp³-hybridized carbons (Fsp3) is 0.350. The number of rotatable bonds is 4. The van der Waals surface area contributed by atoms with Crippen molar-refractivity contribution in [1.29, 1.82) is 0 Å². The Balaban J connectivity index is 1.29. The minimum absolute atomic E-state index is 0.0810. The third kappa shape index (κ3) is 4.10. The lowest BCUT2D eigenvalue weighted by Crippen LogP contribution is -2.50. The number of aryl methyl sites for hydroxylation is 1. The summed E-state index contributed by atoms with van der Waals surface area (Å²) in [5.74, 6) is 0.980. The fourth-order valence-electron chi connectivity index (χ4n) is 3.52. The minimum Gasteiger partial charge on any atom is -0.322 e. The second-order valence-electron chi connectivity index (χ2n) is 6.93. The van der Waals surface area contributed by atoms with Crippen LogP contribution < -0.4 is 5.32 Å². The number of fused-ring (bicyclic) bond motifs is 1. The van der Waals surface area contributed by atoms with E-state index in [4.69, 9.17) is 11.6 Å². The first-order chi connectivity index (χ1) is 13.6. The van der Waals surface area contributed by atoms with Crippen LogP contribution in [-0.2, 0) is 6.54 Å². The first-order valence-electron chi connectivity index (χ1n) is 9.42. The Morgan fingerprint density at radius 3 is 2.75 bits per heavy atom. The quantitative estimate of drug-likeness (QED) is 0.732. The van der Waals surface area contributed by atoms with Crippen molar-refractivity contribution in [2.75, 3.05) is 38.0 Å². The smallest absolute Gasteiger partial charge is 0.321 e. The number of benzene rings is 1. The van der Waals surface area contributed by atoms with E-state index in [0.29, 0.717) is 18.1 Å². The number of nitrogens with zero attached hydrogens (tertiary/aromatic N) is 5. The molecular formula is C20H23ClN6O. The number of amides is 2. The molecule has 1 fully saturated rings. The van der Waals surface area contributed by atoms with E-state index in [-0.39, 0.29) is 6.03 Å². The lowest BCUT2D eigenvalue weighted by atomic mass is 10.3. The molecule has 1 aliphatic heterocycles. The molecule has 1 saturated heterocycles. The van der Waals surface area contributed by atoms with Crippen LogP contribution in [0.1, 0.15) is 5.82 Å². The van der Waals surface area contributed by atoms with Crippen LogP contribution in [0.2, 0.25) is 5.02 Å². The number of nitrogens with one attached hydrogen (secondary N) is 1. The monoisotopic (exact) mass is 398 g/mol. The molecule has 0 atom stereocenters. The van der Waals surface area contributed by atoms with E-state index in [1.54, 1.807) is 18.3 Å². The molecule has 0 unspecified atom stereocenters. The molecule has 7 nitrogen and oxygen atoms in total. The molecule has 0 bridgehead atoms. The lowest BCUT2D eigenvalue weighted by Gasteiger charge is -2.34. The summed E-state index contributed by atoms with van der Waals surface area (Å²) >= 11 is 5.98. The van der Waals surface area contributed by atoms with Gasteiger partial charge in [0.2, 0.25) is 0 Å². The Kier molecular flexibility index (Phi) is 5.45. The summed E-state index contributed by atoms with van der Waals surface area (Å²) in [4.78, 5) is 25.7. The Morgan fingerprint density at radius 2 is 1.96 bits per heavy atom. The predicted octanol–water partition coefficient (Wildman–Crippen LogP) is 3.24. The lowest BCUT2D eigenvalue weighted by molar-refractivity contribution is 0.144. The van der Waals surface area contributed by atoms with Crippen molar-refractivity contribution in [1.82, 2.24) is 24.3 Å². The average molecular weight is 399 g/mol. The number of carbonyl (C=O) groups excluding carboxylic acids is 1. The third-order valence-electron chi connectivity index (χ3n) is 5.07. The van der Waals surface area contributed by atoms with Gasteiger partial charge in [-0.2, -0.15) is 0 Å². The van der Waals surface area contributed by atoms with Crippen molar-refractivity contribution >= 4 is 34.5 Å². The van der Waals surface area contributed by atoms with Gasteiger partial charge in [-0.1, -0.05) is 17.7 Å². The molecule has 1 aromatic carbocycles. The number of halogens is 1. The van der Waals surface area contributed by atoms with Gasteiger partial charge in [0.05, 0.1) is 0 Å². The number of pyridine rings is 1. The number of aromatic nitrogens is 3. The molecule has 1 N–H and O–H groups in total. The van der Waals surface area contributed by atoms with Gasteiger partial charge in [0.25, 0.3) is 0 Å². The van der Waals surface area contributed by atoms with E-state index in [1.165, 1.54) is 0 Å². The number of piperazine rings is 1. The highest BCUT2D eigenvalue weighted by molar-refractivity contribution is 6.30. The molecule has 0 saturated carbocycles. The zero-order valence-corrected chi connectivity index (χ0v) is 16.6. The molecule has 28 heavy (non-hydrogen) atoms. The van der Waals surface area contributed by atoms with Gasteiger partial charge >= 0.3 is 6.03 Å². The zero-order valence-electron chi connectivity index (χ0n) is 15.8. The van der Waals surface area contributed by atoms with Crippen molar-refractivity contribution in [3.8, 4) is 0 Å². The van der Waals surface area contributed by atoms with E-state index >= 15 is 0 Å². The van der Waals surface area contributed by atoms with Crippen LogP contribution >= 0.6 is 11.6 Å². The van der Waals surface area contributed by atoms with Crippen LogP contribution in [0.4, 0.5) is 10.5 Å². The average Bonchev–Trinajstić information content (AvgIpc) is 3.02. The summed E-state index contributed by atoms with van der Waals surface area (Å²) in [5.41, 5.74) is 2.58. The SMILES string of the molecule is Cc1nc2cccnc2n1CCN1CCN(C(=O)Nc2cccc(Cl)c2)CC1. The van der Waals surface area contributed by atoms with E-state index in [2.05, 4.69) is 24.8 Å². The highest BCUT2D eigenvalue weighted by atomic mass is 35.5. The molecule has 2 amide bonds. The standard InChI is InChI=1S/C20H23ClN6O/c1-15-23-18-6-3-7-22-19(18)27(15)13-10-25-8-11-26(12-9-25)20(28)24-17-5-2-4-16(21)14-17/h2-7,14H,8-13H2,1H3,(H,24,28). The van der Waals surface area contributed by atoms with Crippen molar-refractivity contribution in [2.24, 2.45) is 0 Å². The molecule has 0 radical (unpaired) electrons. The normalized spacial score (nSPS) is 15.1. The maximum atomic E-state index is 12.5. The number of hydrogen-bond acceptors (Lipinski definition) is 4. The van der Waals surface area contributed by atoms with Crippen molar-refractivity contribution in [2.45, 2.75) is 13.5 Å². The largest absolute Gasteiger partial charge is 0.322 e. The van der Waals surface area contributed by atoms with Crippen LogP contribution in [0, 0.1) is 6.92 Å². The highest BCUT2D eigenvalue weighted by Gasteiger charge is 2.21. The van der Waals surface area contributed by atoms with E-state index < -0.39 is 0 Å². The Labute approximate surface area is 168 Å². The second kappa shape index (κ2) is 8.16. The number of carbonyl (C=O) groups is 1.